The Morgan fingerprint density at radius 1 is 1.68 bits per heavy atom. The molecule has 0 unspecified atom stereocenters. The lowest BCUT2D eigenvalue weighted by molar-refractivity contribution is 0.112. The number of nitrogens with zero attached hydrogens (tertiary/aromatic N) is 3. The van der Waals surface area contributed by atoms with Crippen LogP contribution in [0.25, 0.3) is 0 Å². The van der Waals surface area contributed by atoms with E-state index >= 15 is 0 Å². The number of aromatic amines is 1. The number of likely N-dealkylation sites (tertiary alicyclic amines) is 1. The molecule has 0 spiro atoms. The number of hydrogen-bond acceptors (Lipinski definition) is 4. The minimum atomic E-state index is -0.196. The van der Waals surface area contributed by atoms with Crippen LogP contribution in [0.4, 0.5) is 4.79 Å². The van der Waals surface area contributed by atoms with E-state index in [9.17, 15) is 4.79 Å². The molecule has 19 heavy (non-hydrogen) atoms. The van der Waals surface area contributed by atoms with E-state index in [2.05, 4.69) is 22.1 Å². The Bertz CT molecular complexity index is 432. The lowest BCUT2D eigenvalue weighted by Crippen LogP contribution is -2.36. The Morgan fingerprint density at radius 2 is 2.47 bits per heavy atom. The van der Waals surface area contributed by atoms with Crippen molar-refractivity contribution < 1.29 is 9.53 Å². The summed E-state index contributed by atoms with van der Waals surface area (Å²) in [6.45, 7) is 6.66. The number of aromatic nitrogens is 2. The highest BCUT2D eigenvalue weighted by Gasteiger charge is 2.29. The smallest absolute Gasteiger partial charge is 0.409 e. The first-order chi connectivity index (χ1) is 9.11. The lowest BCUT2D eigenvalue weighted by Gasteiger charge is -2.24. The van der Waals surface area contributed by atoms with Gasteiger partial charge in [-0.1, -0.05) is 0 Å². The highest BCUT2D eigenvalue weighted by atomic mass is 16.6. The van der Waals surface area contributed by atoms with Crippen LogP contribution in [0, 0.1) is 6.92 Å². The van der Waals surface area contributed by atoms with Gasteiger partial charge in [0, 0.05) is 36.9 Å². The van der Waals surface area contributed by atoms with Crippen LogP contribution in [0.1, 0.15) is 24.6 Å². The van der Waals surface area contributed by atoms with Gasteiger partial charge in [0.1, 0.15) is 0 Å². The van der Waals surface area contributed by atoms with Gasteiger partial charge < -0.3 is 9.64 Å². The fourth-order valence-electron chi connectivity index (χ4n) is 2.42. The molecule has 0 radical (unpaired) electrons. The Morgan fingerprint density at radius 3 is 3.11 bits per heavy atom. The Hall–Kier alpha value is -1.56. The zero-order valence-electron chi connectivity index (χ0n) is 11.8. The van der Waals surface area contributed by atoms with Crippen molar-refractivity contribution in [3.63, 3.8) is 0 Å². The molecular weight excluding hydrogens is 244 g/mol. The van der Waals surface area contributed by atoms with Crippen LogP contribution in [0.15, 0.2) is 6.20 Å². The Balaban J connectivity index is 1.86. The summed E-state index contributed by atoms with van der Waals surface area (Å²) in [5, 5.41) is 6.98. The minimum absolute atomic E-state index is 0.196. The molecule has 1 aliphatic heterocycles. The molecule has 6 nitrogen and oxygen atoms in total. The van der Waals surface area contributed by atoms with Gasteiger partial charge in [0.15, 0.2) is 0 Å². The van der Waals surface area contributed by atoms with Gasteiger partial charge in [-0.2, -0.15) is 5.10 Å². The number of hydrogen-bond donors (Lipinski definition) is 1. The number of H-pyrrole nitrogens is 1. The topological polar surface area (TPSA) is 61.5 Å². The number of ether oxygens (including phenoxy) is 1. The molecule has 6 heteroatoms. The minimum Gasteiger partial charge on any atom is -0.450 e. The maximum absolute atomic E-state index is 11.7. The van der Waals surface area contributed by atoms with E-state index in [-0.39, 0.29) is 6.09 Å². The normalized spacial score (nSPS) is 19.2. The maximum atomic E-state index is 11.7. The summed E-state index contributed by atoms with van der Waals surface area (Å²) in [5.41, 5.74) is 2.31. The van der Waals surface area contributed by atoms with E-state index in [4.69, 9.17) is 4.74 Å². The molecule has 1 saturated heterocycles. The van der Waals surface area contributed by atoms with Crippen molar-refractivity contribution in [2.45, 2.75) is 32.9 Å². The first kappa shape index (κ1) is 13.9. The lowest BCUT2D eigenvalue weighted by atomic mass is 10.2. The summed E-state index contributed by atoms with van der Waals surface area (Å²) in [5.74, 6) is 0. The zero-order valence-corrected chi connectivity index (χ0v) is 11.8. The van der Waals surface area contributed by atoms with Gasteiger partial charge in [-0.15, -0.1) is 0 Å². The molecule has 1 aromatic heterocycles. The number of carbonyl (C=O) groups excluding carboxylic acids is 1. The van der Waals surface area contributed by atoms with Crippen molar-refractivity contribution in [2.24, 2.45) is 0 Å². The summed E-state index contributed by atoms with van der Waals surface area (Å²) in [6, 6.07) is 0.388. The van der Waals surface area contributed by atoms with Gasteiger partial charge in [0.2, 0.25) is 0 Å². The first-order valence-corrected chi connectivity index (χ1v) is 6.72. The average molecular weight is 266 g/mol. The van der Waals surface area contributed by atoms with Gasteiger partial charge >= 0.3 is 6.09 Å². The molecule has 0 saturated carbocycles. The number of likely N-dealkylation sites (N-methyl/N-ethyl adjacent to an activating group) is 1. The monoisotopic (exact) mass is 266 g/mol. The van der Waals surface area contributed by atoms with E-state index in [1.54, 1.807) is 4.90 Å². The Kier molecular flexibility index (Phi) is 4.42. The number of carbonyl (C=O) groups is 1. The molecule has 0 aromatic carbocycles. The van der Waals surface area contributed by atoms with Gasteiger partial charge in [0.05, 0.1) is 12.8 Å². The maximum Gasteiger partial charge on any atom is 0.409 e. The third kappa shape index (κ3) is 3.26. The second-order valence-electron chi connectivity index (χ2n) is 5.02. The molecule has 2 rings (SSSR count). The largest absolute Gasteiger partial charge is 0.450 e. The predicted molar refractivity (Wildman–Crippen MR) is 71.8 cm³/mol. The number of nitrogens with one attached hydrogen (secondary N) is 1. The zero-order chi connectivity index (χ0) is 13.8. The molecule has 1 aromatic rings. The van der Waals surface area contributed by atoms with Gasteiger partial charge in [-0.3, -0.25) is 10.00 Å². The van der Waals surface area contributed by atoms with E-state index in [1.165, 1.54) is 5.56 Å². The van der Waals surface area contributed by atoms with E-state index in [1.807, 2.05) is 20.0 Å². The third-order valence-corrected chi connectivity index (χ3v) is 3.67. The standard InChI is InChI=1S/C13H22N4O2/c1-4-19-13(18)17-6-5-12(9-17)16(3)8-11-7-14-15-10(11)2/h7,12H,4-6,8-9H2,1-3H3,(H,14,15)/t12-/m1/s1. The van der Waals surface area contributed by atoms with Crippen molar-refractivity contribution in [3.8, 4) is 0 Å². The first-order valence-electron chi connectivity index (χ1n) is 6.72. The molecule has 1 N–H and O–H groups in total. The van der Waals surface area contributed by atoms with Crippen LogP contribution in [-0.4, -0.2) is 58.9 Å². The molecule has 1 atom stereocenters. The molecule has 1 aliphatic rings. The van der Waals surface area contributed by atoms with Gasteiger partial charge in [-0.05, 0) is 27.3 Å². The van der Waals surface area contributed by atoms with Crippen LogP contribution in [0.3, 0.4) is 0 Å². The second-order valence-corrected chi connectivity index (χ2v) is 5.02. The fourth-order valence-corrected chi connectivity index (χ4v) is 2.42. The van der Waals surface area contributed by atoms with Gasteiger partial charge in [-0.25, -0.2) is 4.79 Å². The SMILES string of the molecule is CCOC(=O)N1CC[C@@H](N(C)Cc2cn[nH]c2C)C1. The Labute approximate surface area is 113 Å². The summed E-state index contributed by atoms with van der Waals surface area (Å²) in [4.78, 5) is 15.7. The van der Waals surface area contributed by atoms with E-state index in [0.29, 0.717) is 12.6 Å². The van der Waals surface area contributed by atoms with Crippen LogP contribution < -0.4 is 0 Å². The molecule has 106 valence electrons. The molecule has 1 fully saturated rings. The van der Waals surface area contributed by atoms with Gasteiger partial charge in [0.25, 0.3) is 0 Å². The molecular formula is C13H22N4O2. The van der Waals surface area contributed by atoms with Crippen molar-refractivity contribution in [1.82, 2.24) is 20.0 Å². The summed E-state index contributed by atoms with van der Waals surface area (Å²) in [6.07, 6.45) is 2.66. The summed E-state index contributed by atoms with van der Waals surface area (Å²) < 4.78 is 5.03. The molecule has 1 amide bonds. The van der Waals surface area contributed by atoms with E-state index in [0.717, 1.165) is 31.7 Å². The highest BCUT2D eigenvalue weighted by molar-refractivity contribution is 5.68. The second kappa shape index (κ2) is 6.06. The predicted octanol–water partition coefficient (Wildman–Crippen LogP) is 1.38. The fraction of sp³-hybridized carbons (Fsp3) is 0.692. The number of aryl methyl sites for hydroxylation is 1. The van der Waals surface area contributed by atoms with Crippen molar-refractivity contribution in [2.75, 3.05) is 26.7 Å². The molecule has 2 heterocycles. The molecule has 0 aliphatic carbocycles. The third-order valence-electron chi connectivity index (χ3n) is 3.67. The number of amides is 1. The molecule has 0 bridgehead atoms. The summed E-state index contributed by atoms with van der Waals surface area (Å²) in [7, 11) is 2.09. The van der Waals surface area contributed by atoms with Crippen LogP contribution in [0.5, 0.6) is 0 Å². The van der Waals surface area contributed by atoms with Crippen molar-refractivity contribution >= 4 is 6.09 Å². The quantitative estimate of drug-likeness (QED) is 0.894. The van der Waals surface area contributed by atoms with Crippen molar-refractivity contribution in [3.05, 3.63) is 17.5 Å². The van der Waals surface area contributed by atoms with E-state index < -0.39 is 0 Å². The van der Waals surface area contributed by atoms with Crippen molar-refractivity contribution in [1.29, 1.82) is 0 Å². The number of rotatable bonds is 4. The average Bonchev–Trinajstić information content (AvgIpc) is 2.99. The summed E-state index contributed by atoms with van der Waals surface area (Å²) >= 11 is 0. The van der Waals surface area contributed by atoms with Crippen LogP contribution >= 0.6 is 0 Å². The van der Waals surface area contributed by atoms with Crippen LogP contribution in [0.2, 0.25) is 0 Å². The van der Waals surface area contributed by atoms with Crippen LogP contribution in [-0.2, 0) is 11.3 Å². The highest BCUT2D eigenvalue weighted by Crippen LogP contribution is 2.18.